The number of para-hydroxylation sites is 1. The zero-order valence-corrected chi connectivity index (χ0v) is 15.4. The Morgan fingerprint density at radius 1 is 1.07 bits per heavy atom. The number of nitrogens with one attached hydrogen (secondary N) is 1. The van der Waals surface area contributed by atoms with E-state index in [1.165, 1.54) is 0 Å². The molecule has 5 rings (SSSR count). The number of ether oxygens (including phenoxy) is 2. The van der Waals surface area contributed by atoms with Gasteiger partial charge in [0.15, 0.2) is 0 Å². The first-order valence-electron chi connectivity index (χ1n) is 9.19. The summed E-state index contributed by atoms with van der Waals surface area (Å²) in [6.07, 6.45) is 8.30. The van der Waals surface area contributed by atoms with E-state index in [9.17, 15) is 0 Å². The molecule has 28 heavy (non-hydrogen) atoms. The Balaban J connectivity index is 1.66. The molecule has 0 unspecified atom stereocenters. The quantitative estimate of drug-likeness (QED) is 0.509. The van der Waals surface area contributed by atoms with E-state index in [1.807, 2.05) is 55.7 Å². The molecule has 2 bridgehead atoms. The fourth-order valence-electron chi connectivity index (χ4n) is 3.33. The Hall–Kier alpha value is -3.61. The molecule has 0 atom stereocenters. The van der Waals surface area contributed by atoms with E-state index in [1.54, 1.807) is 10.9 Å². The molecule has 1 aromatic carbocycles. The second-order valence-corrected chi connectivity index (χ2v) is 6.63. The molecule has 3 aromatic heterocycles. The van der Waals surface area contributed by atoms with Crippen LogP contribution in [0.1, 0.15) is 17.7 Å². The molecule has 7 nitrogen and oxygen atoms in total. The number of H-pyrrole nitrogens is 1. The fourth-order valence-corrected chi connectivity index (χ4v) is 3.33. The predicted molar refractivity (Wildman–Crippen MR) is 107 cm³/mol. The largest absolute Gasteiger partial charge is 0.493 e. The van der Waals surface area contributed by atoms with Crippen molar-refractivity contribution in [1.82, 2.24) is 25.0 Å². The molecule has 140 valence electrons. The maximum absolute atomic E-state index is 6.03. The smallest absolute Gasteiger partial charge is 0.218 e. The summed E-state index contributed by atoms with van der Waals surface area (Å²) >= 11 is 0. The molecule has 0 amide bonds. The molecule has 0 saturated heterocycles. The van der Waals surface area contributed by atoms with E-state index < -0.39 is 0 Å². The van der Waals surface area contributed by atoms with Crippen LogP contribution in [0.3, 0.4) is 0 Å². The number of nitrogens with zero attached hydrogens (tertiary/aromatic N) is 4. The van der Waals surface area contributed by atoms with Crippen molar-refractivity contribution in [3.05, 3.63) is 54.0 Å². The molecule has 0 spiro atoms. The number of hydrogen-bond acceptors (Lipinski definition) is 5. The average molecular weight is 373 g/mol. The van der Waals surface area contributed by atoms with Gasteiger partial charge in [-0.2, -0.15) is 10.2 Å². The van der Waals surface area contributed by atoms with Crippen LogP contribution in [0, 0.1) is 0 Å². The van der Waals surface area contributed by atoms with Crippen LogP contribution >= 0.6 is 0 Å². The SMILES string of the molecule is Cn1ncc2c1OCCCOc1ccccc1-c1cc3c(n[nH]c3cn1)C=C2. The Labute approximate surface area is 161 Å². The first-order valence-corrected chi connectivity index (χ1v) is 9.19. The molecule has 1 aliphatic rings. The first kappa shape index (κ1) is 16.6. The van der Waals surface area contributed by atoms with Crippen molar-refractivity contribution in [3.63, 3.8) is 0 Å². The van der Waals surface area contributed by atoms with Crippen LogP contribution in [-0.4, -0.2) is 38.2 Å². The van der Waals surface area contributed by atoms with Crippen molar-refractivity contribution in [2.24, 2.45) is 7.05 Å². The molecular formula is C21H19N5O2. The lowest BCUT2D eigenvalue weighted by molar-refractivity contribution is 0.236. The van der Waals surface area contributed by atoms with E-state index in [0.29, 0.717) is 13.2 Å². The highest BCUT2D eigenvalue weighted by atomic mass is 16.5. The van der Waals surface area contributed by atoms with Gasteiger partial charge in [-0.15, -0.1) is 0 Å². The van der Waals surface area contributed by atoms with Gasteiger partial charge in [-0.3, -0.25) is 10.1 Å². The molecule has 7 heteroatoms. The average Bonchev–Trinajstić information content (AvgIpc) is 3.29. The zero-order chi connectivity index (χ0) is 18.9. The first-order chi connectivity index (χ1) is 13.8. The van der Waals surface area contributed by atoms with Gasteiger partial charge in [-0.1, -0.05) is 12.1 Å². The summed E-state index contributed by atoms with van der Waals surface area (Å²) in [7, 11) is 1.87. The number of aromatic nitrogens is 5. The zero-order valence-electron chi connectivity index (χ0n) is 15.4. The second-order valence-electron chi connectivity index (χ2n) is 6.63. The number of hydrogen-bond donors (Lipinski definition) is 1. The van der Waals surface area contributed by atoms with Crippen LogP contribution in [0.5, 0.6) is 11.6 Å². The second kappa shape index (κ2) is 6.84. The van der Waals surface area contributed by atoms with Crippen LogP contribution in [0.2, 0.25) is 0 Å². The normalized spacial score (nSPS) is 13.9. The third kappa shape index (κ3) is 2.90. The molecule has 1 N–H and O–H groups in total. The topological polar surface area (TPSA) is 77.9 Å². The standard InChI is InChI=1S/C21H19N5O2/c1-26-21-14(12-23-26)7-8-17-16-11-18(22-13-19(16)25-24-17)15-5-2-3-6-20(15)27-9-4-10-28-21/h2-3,5-8,11-13H,4,9-10H2,1H3,(H,24,25). The highest BCUT2D eigenvalue weighted by Crippen LogP contribution is 2.31. The number of benzene rings is 1. The van der Waals surface area contributed by atoms with E-state index in [-0.39, 0.29) is 0 Å². The summed E-state index contributed by atoms with van der Waals surface area (Å²) in [4.78, 5) is 4.60. The Kier molecular flexibility index (Phi) is 4.05. The maximum atomic E-state index is 6.03. The highest BCUT2D eigenvalue weighted by Gasteiger charge is 2.13. The van der Waals surface area contributed by atoms with Gasteiger partial charge in [0.25, 0.3) is 0 Å². The molecule has 0 radical (unpaired) electrons. The summed E-state index contributed by atoms with van der Waals surface area (Å²) in [5, 5.41) is 12.8. The monoisotopic (exact) mass is 373 g/mol. The Morgan fingerprint density at radius 3 is 2.93 bits per heavy atom. The number of aromatic amines is 1. The van der Waals surface area contributed by atoms with Crippen molar-refractivity contribution in [2.45, 2.75) is 6.42 Å². The highest BCUT2D eigenvalue weighted by molar-refractivity contribution is 5.91. The molecule has 0 aliphatic carbocycles. The summed E-state index contributed by atoms with van der Waals surface area (Å²) < 4.78 is 13.7. The van der Waals surface area contributed by atoms with Crippen molar-refractivity contribution < 1.29 is 9.47 Å². The van der Waals surface area contributed by atoms with Gasteiger partial charge in [0.2, 0.25) is 5.88 Å². The van der Waals surface area contributed by atoms with Gasteiger partial charge in [0, 0.05) is 24.4 Å². The molecule has 4 heterocycles. The lowest BCUT2D eigenvalue weighted by Crippen LogP contribution is -2.08. The van der Waals surface area contributed by atoms with Gasteiger partial charge >= 0.3 is 0 Å². The van der Waals surface area contributed by atoms with Crippen molar-refractivity contribution in [3.8, 4) is 22.9 Å². The van der Waals surface area contributed by atoms with Crippen molar-refractivity contribution in [2.75, 3.05) is 13.2 Å². The molecular weight excluding hydrogens is 354 g/mol. The van der Waals surface area contributed by atoms with E-state index in [4.69, 9.17) is 9.47 Å². The Morgan fingerprint density at radius 2 is 1.96 bits per heavy atom. The van der Waals surface area contributed by atoms with Crippen LogP contribution in [0.15, 0.2) is 42.7 Å². The van der Waals surface area contributed by atoms with Crippen LogP contribution in [0.25, 0.3) is 34.3 Å². The number of pyridine rings is 1. The van der Waals surface area contributed by atoms with Crippen LogP contribution < -0.4 is 9.47 Å². The van der Waals surface area contributed by atoms with Gasteiger partial charge < -0.3 is 9.47 Å². The lowest BCUT2D eigenvalue weighted by atomic mass is 10.1. The van der Waals surface area contributed by atoms with E-state index in [2.05, 4.69) is 20.3 Å². The molecule has 0 saturated carbocycles. The summed E-state index contributed by atoms with van der Waals surface area (Å²) in [6, 6.07) is 9.99. The van der Waals surface area contributed by atoms with Crippen LogP contribution in [0.4, 0.5) is 0 Å². The van der Waals surface area contributed by atoms with Gasteiger partial charge in [0.1, 0.15) is 5.75 Å². The Bertz CT molecular complexity index is 1170. The lowest BCUT2D eigenvalue weighted by Gasteiger charge is -2.12. The van der Waals surface area contributed by atoms with Gasteiger partial charge in [0.05, 0.1) is 48.1 Å². The minimum Gasteiger partial charge on any atom is -0.493 e. The predicted octanol–water partition coefficient (Wildman–Crippen LogP) is 3.69. The third-order valence-corrected chi connectivity index (χ3v) is 4.76. The summed E-state index contributed by atoms with van der Waals surface area (Å²) in [5.74, 6) is 1.54. The van der Waals surface area contributed by atoms with Gasteiger partial charge in [-0.05, 0) is 30.4 Å². The maximum Gasteiger partial charge on any atom is 0.218 e. The van der Waals surface area contributed by atoms with Gasteiger partial charge in [-0.25, -0.2) is 4.68 Å². The van der Waals surface area contributed by atoms with Crippen LogP contribution in [-0.2, 0) is 7.05 Å². The van der Waals surface area contributed by atoms with E-state index >= 15 is 0 Å². The number of aryl methyl sites for hydroxylation is 1. The number of fused-ring (bicyclic) bond motifs is 4. The molecule has 0 fully saturated rings. The summed E-state index contributed by atoms with van der Waals surface area (Å²) in [6.45, 7) is 1.10. The van der Waals surface area contributed by atoms with Crippen molar-refractivity contribution in [1.29, 1.82) is 0 Å². The van der Waals surface area contributed by atoms with Crippen molar-refractivity contribution >= 4 is 23.1 Å². The minimum absolute atomic E-state index is 0.543. The molecule has 1 aliphatic heterocycles. The van der Waals surface area contributed by atoms with E-state index in [0.717, 1.165) is 51.5 Å². The minimum atomic E-state index is 0.543. The molecule has 4 aromatic rings. The fraction of sp³-hybridized carbons (Fsp3) is 0.190. The number of rotatable bonds is 0. The summed E-state index contributed by atoms with van der Waals surface area (Å²) in [5.41, 5.74) is 4.44. The third-order valence-electron chi connectivity index (χ3n) is 4.76.